The van der Waals surface area contributed by atoms with Crippen molar-refractivity contribution in [1.29, 1.82) is 0 Å². The molecule has 94 valence electrons. The Morgan fingerprint density at radius 3 is 2.78 bits per heavy atom. The Kier molecular flexibility index (Phi) is 3.81. The first-order valence-corrected chi connectivity index (χ1v) is 6.55. The van der Waals surface area contributed by atoms with Gasteiger partial charge in [-0.3, -0.25) is 4.79 Å². The van der Waals surface area contributed by atoms with Crippen molar-refractivity contribution < 1.29 is 4.74 Å². The molecule has 0 spiro atoms. The molecular formula is C13H13BrN2O2. The average molecular weight is 309 g/mol. The van der Waals surface area contributed by atoms with Crippen LogP contribution in [-0.2, 0) is 12.4 Å². The number of halogens is 1. The zero-order valence-electron chi connectivity index (χ0n) is 10.2. The summed E-state index contributed by atoms with van der Waals surface area (Å²) >= 11 is 3.43. The van der Waals surface area contributed by atoms with E-state index in [4.69, 9.17) is 4.74 Å². The molecule has 0 aliphatic heterocycles. The maximum Gasteiger partial charge on any atom is 0.278 e. The highest BCUT2D eigenvalue weighted by atomic mass is 79.9. The summed E-state index contributed by atoms with van der Waals surface area (Å²) in [5.41, 5.74) is 2.29. The van der Waals surface area contributed by atoms with E-state index in [2.05, 4.69) is 21.0 Å². The van der Waals surface area contributed by atoms with Crippen molar-refractivity contribution in [3.05, 3.63) is 46.4 Å². The molecule has 0 unspecified atom stereocenters. The normalized spacial score (nSPS) is 10.4. The minimum absolute atomic E-state index is 0.164. The smallest absolute Gasteiger partial charge is 0.278 e. The SMILES string of the molecule is COc1cnn(C)c(=O)c1-c1ccccc1CBr. The molecule has 4 nitrogen and oxygen atoms in total. The van der Waals surface area contributed by atoms with Gasteiger partial charge in [0.25, 0.3) is 5.56 Å². The molecule has 5 heteroatoms. The molecule has 1 aromatic carbocycles. The number of ether oxygens (including phenoxy) is 1. The predicted octanol–water partition coefficient (Wildman–Crippen LogP) is 2.35. The van der Waals surface area contributed by atoms with Gasteiger partial charge in [-0.2, -0.15) is 5.10 Å². The molecular weight excluding hydrogens is 296 g/mol. The van der Waals surface area contributed by atoms with Crippen LogP contribution in [0.3, 0.4) is 0 Å². The molecule has 0 fully saturated rings. The number of rotatable bonds is 3. The second kappa shape index (κ2) is 5.35. The summed E-state index contributed by atoms with van der Waals surface area (Å²) in [4.78, 5) is 12.2. The van der Waals surface area contributed by atoms with Crippen molar-refractivity contribution in [3.63, 3.8) is 0 Å². The van der Waals surface area contributed by atoms with E-state index in [1.54, 1.807) is 13.2 Å². The molecule has 0 aliphatic carbocycles. The molecule has 0 saturated carbocycles. The number of nitrogens with zero attached hydrogens (tertiary/aromatic N) is 2. The highest BCUT2D eigenvalue weighted by Crippen LogP contribution is 2.29. The third-order valence-corrected chi connectivity index (χ3v) is 3.36. The number of methoxy groups -OCH3 is 1. The van der Waals surface area contributed by atoms with Gasteiger partial charge in [-0.1, -0.05) is 40.2 Å². The lowest BCUT2D eigenvalue weighted by Gasteiger charge is -2.11. The van der Waals surface area contributed by atoms with Gasteiger partial charge in [-0.25, -0.2) is 4.68 Å². The number of hydrogen-bond donors (Lipinski definition) is 0. The summed E-state index contributed by atoms with van der Waals surface area (Å²) in [6, 6.07) is 7.73. The van der Waals surface area contributed by atoms with Gasteiger partial charge in [-0.15, -0.1) is 0 Å². The molecule has 18 heavy (non-hydrogen) atoms. The van der Waals surface area contributed by atoms with Gasteiger partial charge in [0, 0.05) is 12.4 Å². The zero-order valence-corrected chi connectivity index (χ0v) is 11.8. The molecule has 2 aromatic rings. The Bertz CT molecular complexity index is 623. The standard InChI is InChI=1S/C13H13BrN2O2/c1-16-13(17)12(11(18-2)8-15-16)10-6-4-3-5-9(10)7-14/h3-6,8H,7H2,1-2H3. The topological polar surface area (TPSA) is 44.1 Å². The number of alkyl halides is 1. The van der Waals surface area contributed by atoms with Crippen LogP contribution in [0, 0.1) is 0 Å². The van der Waals surface area contributed by atoms with E-state index in [9.17, 15) is 4.79 Å². The summed E-state index contributed by atoms with van der Waals surface area (Å²) < 4.78 is 6.55. The van der Waals surface area contributed by atoms with E-state index in [0.717, 1.165) is 11.1 Å². The molecule has 1 heterocycles. The highest BCUT2D eigenvalue weighted by molar-refractivity contribution is 9.08. The molecule has 0 atom stereocenters. The van der Waals surface area contributed by atoms with Gasteiger partial charge < -0.3 is 4.74 Å². The van der Waals surface area contributed by atoms with E-state index in [0.29, 0.717) is 16.6 Å². The van der Waals surface area contributed by atoms with Crippen LogP contribution in [0.5, 0.6) is 5.75 Å². The first kappa shape index (κ1) is 12.8. The van der Waals surface area contributed by atoms with E-state index in [1.807, 2.05) is 24.3 Å². The molecule has 0 radical (unpaired) electrons. The minimum atomic E-state index is -0.164. The Morgan fingerprint density at radius 1 is 1.39 bits per heavy atom. The Morgan fingerprint density at radius 2 is 2.11 bits per heavy atom. The molecule has 0 saturated heterocycles. The van der Waals surface area contributed by atoms with Crippen molar-refractivity contribution in [2.75, 3.05) is 7.11 Å². The first-order valence-electron chi connectivity index (χ1n) is 5.43. The molecule has 1 aromatic heterocycles. The van der Waals surface area contributed by atoms with E-state index >= 15 is 0 Å². The summed E-state index contributed by atoms with van der Waals surface area (Å²) in [5, 5.41) is 4.64. The largest absolute Gasteiger partial charge is 0.494 e. The van der Waals surface area contributed by atoms with Crippen LogP contribution in [0.25, 0.3) is 11.1 Å². The summed E-state index contributed by atoms with van der Waals surface area (Å²) in [6.45, 7) is 0. The third kappa shape index (κ3) is 2.18. The number of benzene rings is 1. The lowest BCUT2D eigenvalue weighted by Crippen LogP contribution is -2.22. The summed E-state index contributed by atoms with van der Waals surface area (Å²) in [5.74, 6) is 0.492. The molecule has 0 bridgehead atoms. The van der Waals surface area contributed by atoms with Gasteiger partial charge in [0.05, 0.1) is 18.9 Å². The van der Waals surface area contributed by atoms with Crippen LogP contribution >= 0.6 is 15.9 Å². The average Bonchev–Trinajstić information content (AvgIpc) is 2.41. The van der Waals surface area contributed by atoms with Crippen LogP contribution in [0.15, 0.2) is 35.3 Å². The van der Waals surface area contributed by atoms with E-state index < -0.39 is 0 Å². The fourth-order valence-corrected chi connectivity index (χ4v) is 2.30. The third-order valence-electron chi connectivity index (χ3n) is 2.75. The fraction of sp³-hybridized carbons (Fsp3) is 0.231. The van der Waals surface area contributed by atoms with Crippen molar-refractivity contribution >= 4 is 15.9 Å². The van der Waals surface area contributed by atoms with Crippen LogP contribution in [0.4, 0.5) is 0 Å². The Hall–Kier alpha value is -1.62. The molecule has 0 amide bonds. The lowest BCUT2D eigenvalue weighted by molar-refractivity contribution is 0.410. The molecule has 2 rings (SSSR count). The van der Waals surface area contributed by atoms with Crippen molar-refractivity contribution in [2.45, 2.75) is 5.33 Å². The first-order chi connectivity index (χ1) is 8.69. The van der Waals surface area contributed by atoms with Gasteiger partial charge in [0.2, 0.25) is 0 Å². The second-order valence-corrected chi connectivity index (χ2v) is 4.37. The van der Waals surface area contributed by atoms with Crippen molar-refractivity contribution in [3.8, 4) is 16.9 Å². The molecule has 0 N–H and O–H groups in total. The van der Waals surface area contributed by atoms with Gasteiger partial charge in [0.15, 0.2) is 5.75 Å². The van der Waals surface area contributed by atoms with Gasteiger partial charge in [-0.05, 0) is 11.1 Å². The predicted molar refractivity (Wildman–Crippen MR) is 74.1 cm³/mol. The second-order valence-electron chi connectivity index (χ2n) is 3.81. The van der Waals surface area contributed by atoms with Crippen molar-refractivity contribution in [2.24, 2.45) is 7.05 Å². The maximum atomic E-state index is 12.2. The lowest BCUT2D eigenvalue weighted by atomic mass is 10.0. The Labute approximate surface area is 113 Å². The van der Waals surface area contributed by atoms with Gasteiger partial charge >= 0.3 is 0 Å². The van der Waals surface area contributed by atoms with Crippen LogP contribution in [0.1, 0.15) is 5.56 Å². The summed E-state index contributed by atoms with van der Waals surface area (Å²) in [7, 11) is 3.17. The Balaban J connectivity index is 2.77. The highest BCUT2D eigenvalue weighted by Gasteiger charge is 2.15. The fourth-order valence-electron chi connectivity index (χ4n) is 1.81. The maximum absolute atomic E-state index is 12.2. The number of aromatic nitrogens is 2. The zero-order chi connectivity index (χ0) is 13.1. The number of aryl methyl sites for hydroxylation is 1. The van der Waals surface area contributed by atoms with Crippen LogP contribution in [-0.4, -0.2) is 16.9 Å². The summed E-state index contributed by atoms with van der Waals surface area (Å²) in [6.07, 6.45) is 1.56. The minimum Gasteiger partial charge on any atom is -0.494 e. The quantitative estimate of drug-likeness (QED) is 0.818. The van der Waals surface area contributed by atoms with Crippen LogP contribution < -0.4 is 10.3 Å². The van der Waals surface area contributed by atoms with Crippen molar-refractivity contribution in [1.82, 2.24) is 9.78 Å². The van der Waals surface area contributed by atoms with E-state index in [1.165, 1.54) is 11.8 Å². The monoisotopic (exact) mass is 308 g/mol. The molecule has 0 aliphatic rings. The van der Waals surface area contributed by atoms with Crippen LogP contribution in [0.2, 0.25) is 0 Å². The van der Waals surface area contributed by atoms with E-state index in [-0.39, 0.29) is 5.56 Å². The van der Waals surface area contributed by atoms with Gasteiger partial charge in [0.1, 0.15) is 0 Å². The number of hydrogen-bond acceptors (Lipinski definition) is 3.